The Morgan fingerprint density at radius 1 is 0.562 bits per heavy atom. The van der Waals surface area contributed by atoms with Gasteiger partial charge in [-0.15, -0.1) is 0 Å². The number of morpholine rings is 2. The first-order valence-electron chi connectivity index (χ1n) is 20.0. The van der Waals surface area contributed by atoms with Crippen molar-refractivity contribution >= 4 is 67.0 Å². The van der Waals surface area contributed by atoms with Crippen molar-refractivity contribution in [2.75, 3.05) is 62.4 Å². The average molecular weight is 909 g/mol. The molecular formula is C42H44N12O8S2. The van der Waals surface area contributed by atoms with E-state index in [1.807, 2.05) is 72.2 Å². The van der Waals surface area contributed by atoms with Gasteiger partial charge >= 0.3 is 0 Å². The summed E-state index contributed by atoms with van der Waals surface area (Å²) in [7, 11) is -9.70. The zero-order chi connectivity index (χ0) is 44.8. The number of hydrogen-bond donors (Lipinski definition) is 6. The third kappa shape index (κ3) is 10.9. The molecule has 0 amide bonds. The largest absolute Gasteiger partial charge is 0.378 e. The van der Waals surface area contributed by atoms with Crippen molar-refractivity contribution in [1.29, 1.82) is 0 Å². The lowest BCUT2D eigenvalue weighted by molar-refractivity contribution is 0.122. The minimum atomic E-state index is -4.85. The number of ether oxygens (including phenoxy) is 2. The molecule has 332 valence electrons. The molecule has 0 atom stereocenters. The Morgan fingerprint density at radius 3 is 1.33 bits per heavy atom. The Labute approximate surface area is 366 Å². The third-order valence-corrected chi connectivity index (χ3v) is 11.9. The van der Waals surface area contributed by atoms with Crippen LogP contribution >= 0.6 is 0 Å². The normalized spacial score (nSPS) is 16.3. The summed E-state index contributed by atoms with van der Waals surface area (Å²) in [6.07, 6.45) is 2.59. The standard InChI is InChI=1S/C42H44N12O8S2/c1-27-7-3-5-9-33(27)45-39-47-37(49-41(51-39)53-17-21-61-22-18-53)43-31-15-13-29(35(25-31)63(55,56)57)11-12-30-14-16-32(26-36(30)64(58,59)60)44-38-48-40(46-34-10-6-4-8-28(34)2)52-42(50-38)54-19-23-62-24-20-54/h3-16,25-26H,17-24H2,1-2H3,(H,55,56,57)(H,58,59,60)(H2,43,45,47,49,51)(H2,44,46,48,50,52)/b12-11-. The summed E-state index contributed by atoms with van der Waals surface area (Å²) in [6, 6.07) is 23.2. The fraction of sp³-hybridized carbons (Fsp3) is 0.238. The van der Waals surface area contributed by atoms with Crippen LogP contribution < -0.4 is 32.3 Å². The van der Waals surface area contributed by atoms with Crippen LogP contribution in [0.4, 0.5) is 34.6 Å². The van der Waals surface area contributed by atoms with E-state index in [9.17, 15) is 25.9 Å². The summed E-state index contributed by atoms with van der Waals surface area (Å²) in [6.45, 7) is 8.08. The molecule has 0 spiro atoms. The molecule has 22 heteroatoms. The second-order valence-corrected chi connectivity index (χ2v) is 17.4. The molecule has 0 aliphatic carbocycles. The topological polar surface area (TPSA) is 272 Å². The van der Waals surface area contributed by atoms with Gasteiger partial charge in [0.2, 0.25) is 34.4 Å². The molecule has 2 saturated heterocycles. The fourth-order valence-corrected chi connectivity index (χ4v) is 8.22. The number of aryl methyl sites for hydroxylation is 2. The van der Waals surface area contributed by atoms with E-state index < -0.39 is 30.0 Å². The van der Waals surface area contributed by atoms with Crippen molar-refractivity contribution in [3.63, 3.8) is 0 Å². The van der Waals surface area contributed by atoms with Crippen LogP contribution in [0.5, 0.6) is 0 Å². The number of benzene rings is 4. The number of para-hydroxylation sites is 2. The molecule has 2 aliphatic heterocycles. The predicted octanol–water partition coefficient (Wildman–Crippen LogP) is 3.67. The number of rotatable bonds is 10. The first-order chi connectivity index (χ1) is 30.7. The maximum absolute atomic E-state index is 12.8. The van der Waals surface area contributed by atoms with Gasteiger partial charge in [0.1, 0.15) is 9.79 Å². The summed E-state index contributed by atoms with van der Waals surface area (Å²) in [5.74, 6) is 0.924. The number of H-pyrrole nitrogens is 4. The Kier molecular flexibility index (Phi) is 12.9. The summed E-state index contributed by atoms with van der Waals surface area (Å²) in [5.41, 5.74) is 4.37. The predicted molar refractivity (Wildman–Crippen MR) is 237 cm³/mol. The molecule has 2 aliphatic rings. The first kappa shape index (κ1) is 43.8. The maximum atomic E-state index is 12.8. The Balaban J connectivity index is 1.16. The van der Waals surface area contributed by atoms with Crippen LogP contribution in [0.1, 0.15) is 22.3 Å². The smallest absolute Gasteiger partial charge is 0.295 e. The van der Waals surface area contributed by atoms with Crippen LogP contribution in [0.3, 0.4) is 0 Å². The van der Waals surface area contributed by atoms with E-state index in [0.29, 0.717) is 87.1 Å². The quantitative estimate of drug-likeness (QED) is 0.0849. The molecule has 64 heavy (non-hydrogen) atoms. The number of anilines is 2. The van der Waals surface area contributed by atoms with E-state index in [1.165, 1.54) is 36.4 Å². The van der Waals surface area contributed by atoms with E-state index in [0.717, 1.165) is 23.3 Å². The van der Waals surface area contributed by atoms with Gasteiger partial charge in [-0.25, -0.2) is 20.0 Å². The number of aromatic amines is 4. The highest BCUT2D eigenvalue weighted by Crippen LogP contribution is 2.28. The maximum Gasteiger partial charge on any atom is 0.295 e. The van der Waals surface area contributed by atoms with Crippen LogP contribution in [0, 0.1) is 13.8 Å². The second-order valence-electron chi connectivity index (χ2n) is 14.7. The van der Waals surface area contributed by atoms with Gasteiger partial charge in [0.05, 0.1) is 49.2 Å². The molecule has 4 heterocycles. The zero-order valence-corrected chi connectivity index (χ0v) is 36.3. The highest BCUT2D eigenvalue weighted by atomic mass is 32.2. The molecule has 0 radical (unpaired) electrons. The molecule has 20 nitrogen and oxygen atoms in total. The fourth-order valence-electron chi connectivity index (χ4n) is 6.82. The molecule has 4 aromatic carbocycles. The molecule has 8 rings (SSSR count). The number of hydrogen-bond acceptors (Lipinski definition) is 14. The average Bonchev–Trinajstić information content (AvgIpc) is 3.27. The SMILES string of the molecule is Cc1ccccc1N=c1[nH]c(N2CCOCC2)nc(=Nc2ccc(/C=C\c3ccc(N=c4nc(N5CCOCC5)[nH]c(=Nc5ccccc5C)[nH]4)cc3S(=O)(=O)O)c(S(=O)(=O)O)c2)[nH]1. The summed E-state index contributed by atoms with van der Waals surface area (Å²) < 4.78 is 82.8. The van der Waals surface area contributed by atoms with E-state index in [4.69, 9.17) is 19.5 Å². The van der Waals surface area contributed by atoms with Gasteiger partial charge in [-0.1, -0.05) is 60.7 Å². The van der Waals surface area contributed by atoms with Crippen LogP contribution in [-0.4, -0.2) is 108 Å². The Bertz CT molecular complexity index is 3040. The van der Waals surface area contributed by atoms with Gasteiger partial charge in [0.15, 0.2) is 0 Å². The van der Waals surface area contributed by atoms with Gasteiger partial charge in [0, 0.05) is 26.2 Å². The zero-order valence-electron chi connectivity index (χ0n) is 34.6. The van der Waals surface area contributed by atoms with Crippen molar-refractivity contribution in [3.05, 3.63) is 130 Å². The van der Waals surface area contributed by atoms with Gasteiger partial charge in [-0.2, -0.15) is 26.8 Å². The van der Waals surface area contributed by atoms with Crippen LogP contribution in [0.2, 0.25) is 0 Å². The van der Waals surface area contributed by atoms with Crippen molar-refractivity contribution < 1.29 is 35.4 Å². The van der Waals surface area contributed by atoms with E-state index in [-0.39, 0.29) is 33.7 Å². The van der Waals surface area contributed by atoms with Crippen LogP contribution in [0.15, 0.2) is 115 Å². The number of nitrogens with one attached hydrogen (secondary N) is 4. The highest BCUT2D eigenvalue weighted by molar-refractivity contribution is 7.86. The van der Waals surface area contributed by atoms with Gasteiger partial charge in [-0.3, -0.25) is 29.0 Å². The van der Waals surface area contributed by atoms with Gasteiger partial charge in [0.25, 0.3) is 20.2 Å². The molecule has 2 fully saturated rings. The molecule has 0 bridgehead atoms. The van der Waals surface area contributed by atoms with Gasteiger partial charge < -0.3 is 19.3 Å². The second kappa shape index (κ2) is 18.9. The van der Waals surface area contributed by atoms with Crippen molar-refractivity contribution in [1.82, 2.24) is 29.9 Å². The minimum Gasteiger partial charge on any atom is -0.378 e. The molecule has 2 aromatic heterocycles. The lowest BCUT2D eigenvalue weighted by atomic mass is 10.1. The molecule has 0 unspecified atom stereocenters. The van der Waals surface area contributed by atoms with E-state index in [2.05, 4.69) is 39.9 Å². The first-order valence-corrected chi connectivity index (χ1v) is 22.9. The number of aromatic nitrogens is 6. The van der Waals surface area contributed by atoms with Crippen molar-refractivity contribution in [2.24, 2.45) is 20.0 Å². The lowest BCUT2D eigenvalue weighted by Crippen LogP contribution is -2.40. The van der Waals surface area contributed by atoms with E-state index in [1.54, 1.807) is 0 Å². The highest BCUT2D eigenvalue weighted by Gasteiger charge is 2.19. The molecular weight excluding hydrogens is 865 g/mol. The van der Waals surface area contributed by atoms with E-state index >= 15 is 0 Å². The van der Waals surface area contributed by atoms with Crippen LogP contribution in [0.25, 0.3) is 12.2 Å². The monoisotopic (exact) mass is 908 g/mol. The molecule has 6 aromatic rings. The Hall–Kier alpha value is -6.82. The number of nitrogens with zero attached hydrogens (tertiary/aromatic N) is 8. The minimum absolute atomic E-state index is 0.000932. The third-order valence-electron chi connectivity index (χ3n) is 10.1. The summed E-state index contributed by atoms with van der Waals surface area (Å²) >= 11 is 0. The molecule has 6 N–H and O–H groups in total. The summed E-state index contributed by atoms with van der Waals surface area (Å²) in [5, 5.41) is 0. The summed E-state index contributed by atoms with van der Waals surface area (Å²) in [4.78, 5) is 43.2. The van der Waals surface area contributed by atoms with Crippen molar-refractivity contribution in [2.45, 2.75) is 23.6 Å². The van der Waals surface area contributed by atoms with Crippen molar-refractivity contribution in [3.8, 4) is 0 Å². The molecule has 0 saturated carbocycles. The Morgan fingerprint density at radius 2 is 0.953 bits per heavy atom. The van der Waals surface area contributed by atoms with Crippen LogP contribution in [-0.2, 0) is 29.7 Å². The lowest BCUT2D eigenvalue weighted by Gasteiger charge is -2.26. The van der Waals surface area contributed by atoms with Gasteiger partial charge in [-0.05, 0) is 72.5 Å².